The van der Waals surface area contributed by atoms with Gasteiger partial charge in [-0.05, 0) is 43.4 Å². The fourth-order valence-electron chi connectivity index (χ4n) is 2.70. The molecule has 0 unspecified atom stereocenters. The number of guanidine groups is 1. The number of rotatable bonds is 3. The number of hydrogen-bond acceptors (Lipinski definition) is 5. The number of nitrogens with one attached hydrogen (secondary N) is 2. The van der Waals surface area contributed by atoms with Crippen LogP contribution in [0.5, 0.6) is 0 Å². The van der Waals surface area contributed by atoms with Gasteiger partial charge in [-0.1, -0.05) is 0 Å². The Morgan fingerprint density at radius 1 is 1.20 bits per heavy atom. The number of piperidine rings is 1. The minimum Gasteiger partial charge on any atom is -0.357 e. The first kappa shape index (κ1) is 13.2. The van der Waals surface area contributed by atoms with Crippen LogP contribution in [0.1, 0.15) is 31.2 Å². The maximum Gasteiger partial charge on any atom is 0.191 e. The van der Waals surface area contributed by atoms with Gasteiger partial charge in [0.15, 0.2) is 5.96 Å². The Balaban J connectivity index is 1.60. The van der Waals surface area contributed by atoms with Gasteiger partial charge in [0, 0.05) is 38.9 Å². The first-order chi connectivity index (χ1) is 9.92. The molecule has 0 saturated carbocycles. The number of aliphatic imine (C=N–C) groups is 1. The number of nitrogens with zero attached hydrogens (tertiary/aromatic N) is 3. The van der Waals surface area contributed by atoms with Gasteiger partial charge >= 0.3 is 0 Å². The van der Waals surface area contributed by atoms with E-state index >= 15 is 0 Å². The standard InChI is InChI=1S/C15H23N5/c1-2-9-20(10-3-1)14-11-13(5-8-16-14)12-19-15-17-6-4-7-18-15/h5,8,11H,1-4,6-7,9-10,12H2,(H2,17,18,19). The van der Waals surface area contributed by atoms with E-state index in [0.29, 0.717) is 0 Å². The highest BCUT2D eigenvalue weighted by molar-refractivity contribution is 5.80. The summed E-state index contributed by atoms with van der Waals surface area (Å²) in [5.41, 5.74) is 1.26. The van der Waals surface area contributed by atoms with Crippen LogP contribution < -0.4 is 15.5 Å². The zero-order chi connectivity index (χ0) is 13.6. The van der Waals surface area contributed by atoms with Gasteiger partial charge in [0.25, 0.3) is 0 Å². The SMILES string of the molecule is c1cc(CNC2=NCCCN2)cc(N2CCCCC2)n1. The molecule has 0 amide bonds. The molecular formula is C15H23N5. The molecule has 0 radical (unpaired) electrons. The van der Waals surface area contributed by atoms with E-state index in [4.69, 9.17) is 0 Å². The van der Waals surface area contributed by atoms with Gasteiger partial charge in [0.05, 0.1) is 0 Å². The average molecular weight is 273 g/mol. The highest BCUT2D eigenvalue weighted by Crippen LogP contribution is 2.18. The second kappa shape index (κ2) is 6.59. The summed E-state index contributed by atoms with van der Waals surface area (Å²) in [5, 5.41) is 6.64. The van der Waals surface area contributed by atoms with E-state index in [0.717, 1.165) is 50.9 Å². The number of anilines is 1. The molecule has 20 heavy (non-hydrogen) atoms. The molecule has 2 N–H and O–H groups in total. The van der Waals surface area contributed by atoms with Crippen LogP contribution in [0, 0.1) is 0 Å². The molecule has 2 aliphatic rings. The maximum absolute atomic E-state index is 4.51. The Labute approximate surface area is 120 Å². The molecule has 1 fully saturated rings. The van der Waals surface area contributed by atoms with E-state index in [1.807, 2.05) is 6.20 Å². The van der Waals surface area contributed by atoms with Crippen LogP contribution in [0.3, 0.4) is 0 Å². The molecule has 1 aromatic rings. The molecule has 5 nitrogen and oxygen atoms in total. The summed E-state index contributed by atoms with van der Waals surface area (Å²) in [7, 11) is 0. The smallest absolute Gasteiger partial charge is 0.191 e. The third-order valence-electron chi connectivity index (χ3n) is 3.85. The van der Waals surface area contributed by atoms with E-state index in [2.05, 4.69) is 37.6 Å². The lowest BCUT2D eigenvalue weighted by atomic mass is 10.1. The first-order valence-corrected chi connectivity index (χ1v) is 7.64. The largest absolute Gasteiger partial charge is 0.357 e. The Morgan fingerprint density at radius 3 is 2.90 bits per heavy atom. The van der Waals surface area contributed by atoms with Crippen LogP contribution in [0.4, 0.5) is 5.82 Å². The molecule has 2 aliphatic heterocycles. The van der Waals surface area contributed by atoms with Crippen LogP contribution >= 0.6 is 0 Å². The molecule has 0 bridgehead atoms. The minimum absolute atomic E-state index is 0.801. The second-order valence-electron chi connectivity index (χ2n) is 5.43. The van der Waals surface area contributed by atoms with E-state index in [9.17, 15) is 0 Å². The van der Waals surface area contributed by atoms with Gasteiger partial charge in [-0.15, -0.1) is 0 Å². The third-order valence-corrected chi connectivity index (χ3v) is 3.85. The molecule has 5 heteroatoms. The van der Waals surface area contributed by atoms with E-state index < -0.39 is 0 Å². The summed E-state index contributed by atoms with van der Waals surface area (Å²) in [5.74, 6) is 2.04. The third kappa shape index (κ3) is 3.40. The summed E-state index contributed by atoms with van der Waals surface area (Å²) < 4.78 is 0. The van der Waals surface area contributed by atoms with Crippen molar-refractivity contribution in [3.8, 4) is 0 Å². The average Bonchev–Trinajstić information content (AvgIpc) is 2.55. The van der Waals surface area contributed by atoms with Gasteiger partial charge in [-0.25, -0.2) is 4.98 Å². The predicted octanol–water partition coefficient (Wildman–Crippen LogP) is 1.51. The Morgan fingerprint density at radius 2 is 2.10 bits per heavy atom. The predicted molar refractivity (Wildman–Crippen MR) is 82.1 cm³/mol. The van der Waals surface area contributed by atoms with Crippen LogP contribution in [-0.2, 0) is 6.54 Å². The lowest BCUT2D eigenvalue weighted by Gasteiger charge is -2.28. The van der Waals surface area contributed by atoms with Crippen molar-refractivity contribution in [2.45, 2.75) is 32.2 Å². The Bertz CT molecular complexity index is 465. The monoisotopic (exact) mass is 273 g/mol. The second-order valence-corrected chi connectivity index (χ2v) is 5.43. The molecule has 108 valence electrons. The highest BCUT2D eigenvalue weighted by Gasteiger charge is 2.12. The molecule has 0 aromatic carbocycles. The molecule has 1 aromatic heterocycles. The number of aromatic nitrogens is 1. The zero-order valence-electron chi connectivity index (χ0n) is 11.9. The van der Waals surface area contributed by atoms with Crippen molar-refractivity contribution < 1.29 is 0 Å². The van der Waals surface area contributed by atoms with Crippen molar-refractivity contribution >= 4 is 11.8 Å². The molecule has 3 heterocycles. The summed E-state index contributed by atoms with van der Waals surface area (Å²) in [6.07, 6.45) is 6.95. The Hall–Kier alpha value is -1.78. The van der Waals surface area contributed by atoms with Gasteiger partial charge in [0.2, 0.25) is 0 Å². The minimum atomic E-state index is 0.801. The maximum atomic E-state index is 4.51. The van der Waals surface area contributed by atoms with Crippen molar-refractivity contribution in [1.82, 2.24) is 15.6 Å². The lowest BCUT2D eigenvalue weighted by molar-refractivity contribution is 0.573. The fraction of sp³-hybridized carbons (Fsp3) is 0.600. The van der Waals surface area contributed by atoms with Crippen molar-refractivity contribution in [3.63, 3.8) is 0 Å². The number of pyridine rings is 1. The molecule has 3 rings (SSSR count). The van der Waals surface area contributed by atoms with E-state index in [-0.39, 0.29) is 0 Å². The van der Waals surface area contributed by atoms with E-state index in [1.165, 1.54) is 24.8 Å². The van der Waals surface area contributed by atoms with Crippen LogP contribution in [0.2, 0.25) is 0 Å². The van der Waals surface area contributed by atoms with Crippen LogP contribution in [0.25, 0.3) is 0 Å². The summed E-state index contributed by atoms with van der Waals surface area (Å²) in [6.45, 7) is 5.01. The molecule has 0 aliphatic carbocycles. The Kier molecular flexibility index (Phi) is 4.35. The first-order valence-electron chi connectivity index (χ1n) is 7.64. The molecule has 1 saturated heterocycles. The number of hydrogen-bond donors (Lipinski definition) is 2. The van der Waals surface area contributed by atoms with Crippen molar-refractivity contribution in [2.75, 3.05) is 31.1 Å². The van der Waals surface area contributed by atoms with Gasteiger partial charge < -0.3 is 15.5 Å². The van der Waals surface area contributed by atoms with Crippen LogP contribution in [0.15, 0.2) is 23.3 Å². The topological polar surface area (TPSA) is 52.6 Å². The lowest BCUT2D eigenvalue weighted by Crippen LogP contribution is -2.40. The molecule has 0 atom stereocenters. The van der Waals surface area contributed by atoms with Gasteiger partial charge in [-0.2, -0.15) is 0 Å². The van der Waals surface area contributed by atoms with E-state index in [1.54, 1.807) is 0 Å². The quantitative estimate of drug-likeness (QED) is 0.876. The zero-order valence-corrected chi connectivity index (χ0v) is 11.9. The van der Waals surface area contributed by atoms with Gasteiger partial charge in [0.1, 0.15) is 5.82 Å². The van der Waals surface area contributed by atoms with Crippen LogP contribution in [-0.4, -0.2) is 37.1 Å². The van der Waals surface area contributed by atoms with Crippen molar-refractivity contribution in [2.24, 2.45) is 4.99 Å². The summed E-state index contributed by atoms with van der Waals surface area (Å²) in [6, 6.07) is 4.27. The molecular weight excluding hydrogens is 250 g/mol. The normalized spacial score (nSPS) is 19.2. The van der Waals surface area contributed by atoms with Crippen molar-refractivity contribution in [1.29, 1.82) is 0 Å². The van der Waals surface area contributed by atoms with Gasteiger partial charge in [-0.3, -0.25) is 4.99 Å². The molecule has 0 spiro atoms. The summed E-state index contributed by atoms with van der Waals surface area (Å²) in [4.78, 5) is 11.3. The fourth-order valence-corrected chi connectivity index (χ4v) is 2.70. The highest BCUT2D eigenvalue weighted by atomic mass is 15.2. The van der Waals surface area contributed by atoms with Crippen molar-refractivity contribution in [3.05, 3.63) is 23.9 Å². The summed E-state index contributed by atoms with van der Waals surface area (Å²) >= 11 is 0.